The number of hydrogen-bond donors (Lipinski definition) is 2. The van der Waals surface area contributed by atoms with Gasteiger partial charge in [-0.3, -0.25) is 4.79 Å². The first kappa shape index (κ1) is 15.9. The van der Waals surface area contributed by atoms with E-state index in [4.69, 9.17) is 9.47 Å². The van der Waals surface area contributed by atoms with Gasteiger partial charge in [0.1, 0.15) is 5.82 Å². The lowest BCUT2D eigenvalue weighted by molar-refractivity contribution is 0.102. The highest BCUT2D eigenvalue weighted by molar-refractivity contribution is 6.04. The van der Waals surface area contributed by atoms with Crippen LogP contribution in [0.4, 0.5) is 15.8 Å². The molecule has 0 saturated heterocycles. The van der Waals surface area contributed by atoms with E-state index in [1.807, 2.05) is 6.92 Å². The molecule has 3 rings (SSSR count). The molecule has 2 aromatic rings. The van der Waals surface area contributed by atoms with Crippen LogP contribution in [-0.2, 0) is 0 Å². The average molecular weight is 328 g/mol. The molecule has 0 unspecified atom stereocenters. The molecule has 6 heteroatoms. The van der Waals surface area contributed by atoms with E-state index >= 15 is 0 Å². The van der Waals surface area contributed by atoms with Crippen molar-refractivity contribution in [2.75, 3.05) is 24.0 Å². The number of nitrogens with one attached hydrogen (secondary N) is 2. The van der Waals surface area contributed by atoms with E-state index in [9.17, 15) is 9.18 Å². The molecule has 1 aliphatic rings. The quantitative estimate of drug-likeness (QED) is 0.820. The number of benzene rings is 2. The maximum absolute atomic E-state index is 13.8. The average Bonchev–Trinajstić information content (AvgIpc) is 3.02. The van der Waals surface area contributed by atoms with E-state index in [-0.39, 0.29) is 12.7 Å². The molecule has 0 spiro atoms. The van der Waals surface area contributed by atoms with Gasteiger partial charge in [0.2, 0.25) is 6.79 Å². The minimum Gasteiger partial charge on any atom is -0.454 e. The van der Waals surface area contributed by atoms with Gasteiger partial charge in [0.15, 0.2) is 11.5 Å². The molecule has 0 atom stereocenters. The maximum atomic E-state index is 13.8. The summed E-state index contributed by atoms with van der Waals surface area (Å²) < 4.78 is 24.3. The second-order valence-electron chi connectivity index (χ2n) is 5.53. The molecule has 0 aliphatic carbocycles. The molecule has 1 amide bonds. The summed E-state index contributed by atoms with van der Waals surface area (Å²) in [5.74, 6) is 0.438. The van der Waals surface area contributed by atoms with Crippen molar-refractivity contribution in [2.45, 2.75) is 6.92 Å². The molecule has 124 valence electrons. The molecule has 0 radical (unpaired) electrons. The van der Waals surface area contributed by atoms with Gasteiger partial charge in [0.25, 0.3) is 5.91 Å². The molecular weight excluding hydrogens is 311 g/mol. The molecule has 2 N–H and O–H groups in total. The van der Waals surface area contributed by atoms with Crippen LogP contribution in [0.15, 0.2) is 48.6 Å². The van der Waals surface area contributed by atoms with E-state index in [1.54, 1.807) is 24.3 Å². The third-order valence-corrected chi connectivity index (χ3v) is 3.44. The fourth-order valence-corrected chi connectivity index (χ4v) is 2.23. The largest absolute Gasteiger partial charge is 0.454 e. The summed E-state index contributed by atoms with van der Waals surface area (Å²) in [6, 6.07) is 9.29. The Labute approximate surface area is 139 Å². The lowest BCUT2D eigenvalue weighted by Gasteiger charge is -2.11. The van der Waals surface area contributed by atoms with Gasteiger partial charge >= 0.3 is 0 Å². The first-order valence-electron chi connectivity index (χ1n) is 7.42. The molecule has 0 fully saturated rings. The first-order chi connectivity index (χ1) is 11.5. The van der Waals surface area contributed by atoms with Crippen molar-refractivity contribution < 1.29 is 18.7 Å². The van der Waals surface area contributed by atoms with Crippen molar-refractivity contribution in [3.05, 3.63) is 59.9 Å². The number of halogens is 1. The zero-order valence-electron chi connectivity index (χ0n) is 13.2. The monoisotopic (exact) mass is 328 g/mol. The van der Waals surface area contributed by atoms with Crippen molar-refractivity contribution in [3.8, 4) is 11.5 Å². The fraction of sp³-hybridized carbons (Fsp3) is 0.167. The molecule has 5 nitrogen and oxygen atoms in total. The highest BCUT2D eigenvalue weighted by atomic mass is 19.1. The van der Waals surface area contributed by atoms with Crippen molar-refractivity contribution in [2.24, 2.45) is 0 Å². The van der Waals surface area contributed by atoms with Crippen LogP contribution < -0.4 is 20.1 Å². The Bertz CT molecular complexity index is 805. The molecule has 1 aliphatic heterocycles. The molecule has 24 heavy (non-hydrogen) atoms. The summed E-state index contributed by atoms with van der Waals surface area (Å²) in [6.07, 6.45) is 0. The second-order valence-corrected chi connectivity index (χ2v) is 5.53. The van der Waals surface area contributed by atoms with Crippen LogP contribution in [0.3, 0.4) is 0 Å². The number of ether oxygens (including phenoxy) is 2. The summed E-state index contributed by atoms with van der Waals surface area (Å²) in [5, 5.41) is 5.68. The summed E-state index contributed by atoms with van der Waals surface area (Å²) in [7, 11) is 0. The molecule has 1 heterocycles. The zero-order chi connectivity index (χ0) is 17.1. The van der Waals surface area contributed by atoms with Crippen LogP contribution >= 0.6 is 0 Å². The first-order valence-corrected chi connectivity index (χ1v) is 7.42. The molecule has 2 aromatic carbocycles. The normalized spacial score (nSPS) is 11.9. The van der Waals surface area contributed by atoms with Gasteiger partial charge in [-0.1, -0.05) is 12.2 Å². The Balaban J connectivity index is 1.74. The Hall–Kier alpha value is -3.02. The minimum atomic E-state index is -0.391. The van der Waals surface area contributed by atoms with Crippen LogP contribution in [0.2, 0.25) is 0 Å². The summed E-state index contributed by atoms with van der Waals surface area (Å²) in [6.45, 7) is 6.21. The highest BCUT2D eigenvalue weighted by Gasteiger charge is 2.16. The molecule has 0 aromatic heterocycles. The SMILES string of the molecule is C=C(C)CNc1cc(NC(=O)c2ccc3c(c2)OCO3)ccc1F. The summed E-state index contributed by atoms with van der Waals surface area (Å²) in [4.78, 5) is 12.3. The predicted molar refractivity (Wildman–Crippen MR) is 90.2 cm³/mol. The van der Waals surface area contributed by atoms with Crippen molar-refractivity contribution in [3.63, 3.8) is 0 Å². The molecule has 0 bridgehead atoms. The number of carbonyl (C=O) groups is 1. The fourth-order valence-electron chi connectivity index (χ4n) is 2.23. The lowest BCUT2D eigenvalue weighted by atomic mass is 10.1. The van der Waals surface area contributed by atoms with Crippen molar-refractivity contribution in [1.29, 1.82) is 0 Å². The van der Waals surface area contributed by atoms with Crippen molar-refractivity contribution >= 4 is 17.3 Å². The third kappa shape index (κ3) is 3.48. The molecule has 0 saturated carbocycles. The number of amides is 1. The number of anilines is 2. The van der Waals surface area contributed by atoms with E-state index in [0.29, 0.717) is 35.0 Å². The molecular formula is C18H17FN2O3. The van der Waals surface area contributed by atoms with E-state index < -0.39 is 5.82 Å². The second kappa shape index (κ2) is 6.62. The third-order valence-electron chi connectivity index (χ3n) is 3.44. The van der Waals surface area contributed by atoms with Crippen LogP contribution in [0.1, 0.15) is 17.3 Å². The number of fused-ring (bicyclic) bond motifs is 1. The highest BCUT2D eigenvalue weighted by Crippen LogP contribution is 2.32. The predicted octanol–water partition coefficient (Wildman–Crippen LogP) is 3.79. The maximum Gasteiger partial charge on any atom is 0.255 e. The standard InChI is InChI=1S/C18H17FN2O3/c1-11(2)9-20-15-8-13(4-5-14(15)19)21-18(22)12-3-6-16-17(7-12)24-10-23-16/h3-8,20H,1,9-10H2,2H3,(H,21,22). The Morgan fingerprint density at radius 2 is 2.00 bits per heavy atom. The van der Waals surface area contributed by atoms with Crippen LogP contribution in [0.5, 0.6) is 11.5 Å². The van der Waals surface area contributed by atoms with Gasteiger partial charge in [-0.05, 0) is 43.3 Å². The number of carbonyl (C=O) groups excluding carboxylic acids is 1. The lowest BCUT2D eigenvalue weighted by Crippen LogP contribution is -2.12. The van der Waals surface area contributed by atoms with Gasteiger partial charge in [0, 0.05) is 17.8 Å². The van der Waals surface area contributed by atoms with E-state index in [2.05, 4.69) is 17.2 Å². The topological polar surface area (TPSA) is 59.6 Å². The van der Waals surface area contributed by atoms with Crippen LogP contribution in [0, 0.1) is 5.82 Å². The Morgan fingerprint density at radius 3 is 2.79 bits per heavy atom. The van der Waals surface area contributed by atoms with Crippen LogP contribution in [0.25, 0.3) is 0 Å². The van der Waals surface area contributed by atoms with Crippen molar-refractivity contribution in [1.82, 2.24) is 0 Å². The number of hydrogen-bond acceptors (Lipinski definition) is 4. The van der Waals surface area contributed by atoms with Crippen LogP contribution in [-0.4, -0.2) is 19.2 Å². The Morgan fingerprint density at radius 1 is 1.21 bits per heavy atom. The number of rotatable bonds is 5. The zero-order valence-corrected chi connectivity index (χ0v) is 13.2. The van der Waals surface area contributed by atoms with Gasteiger partial charge in [-0.15, -0.1) is 0 Å². The van der Waals surface area contributed by atoms with Gasteiger partial charge in [-0.2, -0.15) is 0 Å². The summed E-state index contributed by atoms with van der Waals surface area (Å²) >= 11 is 0. The van der Waals surface area contributed by atoms with Gasteiger partial charge in [-0.25, -0.2) is 4.39 Å². The summed E-state index contributed by atoms with van der Waals surface area (Å²) in [5.41, 5.74) is 2.11. The van der Waals surface area contributed by atoms with Gasteiger partial charge < -0.3 is 20.1 Å². The minimum absolute atomic E-state index is 0.149. The Kier molecular flexibility index (Phi) is 4.37. The van der Waals surface area contributed by atoms with Gasteiger partial charge in [0.05, 0.1) is 5.69 Å². The van der Waals surface area contributed by atoms with E-state index in [1.165, 1.54) is 12.1 Å². The smallest absolute Gasteiger partial charge is 0.255 e. The van der Waals surface area contributed by atoms with E-state index in [0.717, 1.165) is 5.57 Å².